The molecule has 2 heterocycles. The molecule has 1 fully saturated rings. The molecular weight excluding hydrogens is 540 g/mol. The van der Waals surface area contributed by atoms with Gasteiger partial charge in [0.05, 0.1) is 19.0 Å². The molecule has 0 aliphatic carbocycles. The van der Waals surface area contributed by atoms with Crippen LogP contribution in [0.1, 0.15) is 36.8 Å². The molecule has 5 rings (SSSR count). The monoisotopic (exact) mass is 578 g/mol. The third kappa shape index (κ3) is 7.97. The van der Waals surface area contributed by atoms with Crippen molar-refractivity contribution in [2.24, 2.45) is 0 Å². The van der Waals surface area contributed by atoms with Crippen molar-refractivity contribution < 1.29 is 19.0 Å². The standard InChI is InChI=1S/C35H38N4O4/c1-4-18-42-31-16-14-30(15-17-31)39-24-28(21-36-39)27-19-33(25-38(23-27)22-26-10-7-6-8-11-26)43-32-13-9-12-29(20-32)37-34(5-2)35(40)41-3/h1,6-17,20-21,24,27,33-34,37H,5,18-19,22-23,25H2,2-3H3. The van der Waals surface area contributed by atoms with E-state index < -0.39 is 6.04 Å². The van der Waals surface area contributed by atoms with E-state index >= 15 is 0 Å². The second-order valence-corrected chi connectivity index (χ2v) is 10.7. The van der Waals surface area contributed by atoms with Gasteiger partial charge < -0.3 is 19.5 Å². The molecule has 0 saturated carbocycles. The quantitative estimate of drug-likeness (QED) is 0.171. The Hall–Kier alpha value is -4.74. The number of carbonyl (C=O) groups excluding carboxylic acids is 1. The van der Waals surface area contributed by atoms with E-state index in [2.05, 4.69) is 51.7 Å². The van der Waals surface area contributed by atoms with Crippen LogP contribution >= 0.6 is 0 Å². The molecule has 8 heteroatoms. The first-order valence-electron chi connectivity index (χ1n) is 14.6. The van der Waals surface area contributed by atoms with Crippen LogP contribution in [0.4, 0.5) is 5.69 Å². The number of nitrogens with one attached hydrogen (secondary N) is 1. The van der Waals surface area contributed by atoms with Crippen molar-refractivity contribution in [3.8, 4) is 29.5 Å². The molecule has 3 atom stereocenters. The smallest absolute Gasteiger partial charge is 0.328 e. The van der Waals surface area contributed by atoms with Crippen molar-refractivity contribution >= 4 is 11.7 Å². The second-order valence-electron chi connectivity index (χ2n) is 10.7. The summed E-state index contributed by atoms with van der Waals surface area (Å²) >= 11 is 0. The Morgan fingerprint density at radius 2 is 1.88 bits per heavy atom. The summed E-state index contributed by atoms with van der Waals surface area (Å²) < 4.78 is 18.9. The third-order valence-corrected chi connectivity index (χ3v) is 7.61. The molecule has 1 aliphatic rings. The van der Waals surface area contributed by atoms with Gasteiger partial charge in [0.1, 0.15) is 30.3 Å². The number of anilines is 1. The average Bonchev–Trinajstić information content (AvgIpc) is 3.54. The molecule has 222 valence electrons. The van der Waals surface area contributed by atoms with E-state index in [1.54, 1.807) is 0 Å². The SMILES string of the molecule is C#CCOc1ccc(-n2cc(C3CC(Oc4cccc(NC(CC)C(=O)OC)c4)CN(Cc4ccccc4)C3)cn2)cc1. The Labute approximate surface area is 253 Å². The lowest BCUT2D eigenvalue weighted by molar-refractivity contribution is -0.141. The van der Waals surface area contributed by atoms with Crippen molar-refractivity contribution in [2.45, 2.75) is 44.4 Å². The van der Waals surface area contributed by atoms with Gasteiger partial charge in [-0.25, -0.2) is 9.48 Å². The number of terminal acetylenes is 1. The fraction of sp³-hybridized carbons (Fsp3) is 0.314. The normalized spacial score (nSPS) is 17.4. The molecule has 1 aliphatic heterocycles. The molecule has 4 aromatic rings. The Kier molecular flexibility index (Phi) is 9.98. The fourth-order valence-electron chi connectivity index (χ4n) is 5.47. The summed E-state index contributed by atoms with van der Waals surface area (Å²) in [4.78, 5) is 14.6. The van der Waals surface area contributed by atoms with Crippen molar-refractivity contribution in [2.75, 3.05) is 32.1 Å². The molecule has 3 aromatic carbocycles. The first kappa shape index (κ1) is 29.7. The van der Waals surface area contributed by atoms with Gasteiger partial charge in [-0.2, -0.15) is 5.10 Å². The number of likely N-dealkylation sites (tertiary alicyclic amines) is 1. The minimum absolute atomic E-state index is 0.0313. The minimum Gasteiger partial charge on any atom is -0.489 e. The summed E-state index contributed by atoms with van der Waals surface area (Å²) in [5.41, 5.74) is 4.20. The summed E-state index contributed by atoms with van der Waals surface area (Å²) in [5, 5.41) is 7.95. The van der Waals surface area contributed by atoms with Crippen molar-refractivity contribution in [1.82, 2.24) is 14.7 Å². The third-order valence-electron chi connectivity index (χ3n) is 7.61. The summed E-state index contributed by atoms with van der Waals surface area (Å²) in [5.74, 6) is 3.93. The van der Waals surface area contributed by atoms with Gasteiger partial charge in [0.25, 0.3) is 0 Å². The molecule has 1 saturated heterocycles. The number of aromatic nitrogens is 2. The Balaban J connectivity index is 1.32. The maximum absolute atomic E-state index is 12.1. The number of carbonyl (C=O) groups is 1. The molecule has 0 spiro atoms. The van der Waals surface area contributed by atoms with E-state index in [4.69, 9.17) is 20.6 Å². The maximum atomic E-state index is 12.1. The van der Waals surface area contributed by atoms with E-state index in [-0.39, 0.29) is 24.6 Å². The van der Waals surface area contributed by atoms with Crippen molar-refractivity contribution in [1.29, 1.82) is 0 Å². The van der Waals surface area contributed by atoms with Gasteiger partial charge >= 0.3 is 5.97 Å². The predicted octanol–water partition coefficient (Wildman–Crippen LogP) is 5.68. The molecule has 0 radical (unpaired) electrons. The predicted molar refractivity (Wildman–Crippen MR) is 168 cm³/mol. The van der Waals surface area contributed by atoms with Gasteiger partial charge in [-0.1, -0.05) is 49.2 Å². The van der Waals surface area contributed by atoms with Gasteiger partial charge in [0.15, 0.2) is 0 Å². The maximum Gasteiger partial charge on any atom is 0.328 e. The van der Waals surface area contributed by atoms with E-state index in [1.807, 2.05) is 72.4 Å². The van der Waals surface area contributed by atoms with E-state index in [1.165, 1.54) is 18.2 Å². The van der Waals surface area contributed by atoms with Crippen LogP contribution in [0.15, 0.2) is 91.3 Å². The van der Waals surface area contributed by atoms with Gasteiger partial charge in [0, 0.05) is 43.5 Å². The number of rotatable bonds is 12. The average molecular weight is 579 g/mol. The lowest BCUT2D eigenvalue weighted by Gasteiger charge is -2.37. The van der Waals surface area contributed by atoms with Crippen LogP contribution in [0, 0.1) is 12.3 Å². The molecule has 8 nitrogen and oxygen atoms in total. The number of methoxy groups -OCH3 is 1. The van der Waals surface area contributed by atoms with Crippen LogP contribution in [-0.2, 0) is 16.1 Å². The molecule has 43 heavy (non-hydrogen) atoms. The van der Waals surface area contributed by atoms with Crippen LogP contribution in [0.5, 0.6) is 11.5 Å². The topological polar surface area (TPSA) is 77.8 Å². The zero-order valence-corrected chi connectivity index (χ0v) is 24.7. The highest BCUT2D eigenvalue weighted by molar-refractivity contribution is 5.79. The van der Waals surface area contributed by atoms with Crippen LogP contribution in [0.2, 0.25) is 0 Å². The second kappa shape index (κ2) is 14.4. The van der Waals surface area contributed by atoms with Gasteiger partial charge in [-0.05, 0) is 60.4 Å². The summed E-state index contributed by atoms with van der Waals surface area (Å²) in [6.45, 7) is 4.73. The first-order valence-corrected chi connectivity index (χ1v) is 14.6. The van der Waals surface area contributed by atoms with Crippen LogP contribution in [0.25, 0.3) is 5.69 Å². The number of hydrogen-bond donors (Lipinski definition) is 1. The number of piperidine rings is 1. The summed E-state index contributed by atoms with van der Waals surface area (Å²) in [7, 11) is 1.41. The first-order chi connectivity index (χ1) is 21.0. The fourth-order valence-corrected chi connectivity index (χ4v) is 5.47. The molecule has 1 aromatic heterocycles. The molecule has 0 amide bonds. The Bertz CT molecular complexity index is 1510. The van der Waals surface area contributed by atoms with Crippen molar-refractivity contribution in [3.05, 3.63) is 102 Å². The zero-order valence-electron chi connectivity index (χ0n) is 24.7. The van der Waals surface area contributed by atoms with Crippen LogP contribution in [-0.4, -0.2) is 59.6 Å². The minimum atomic E-state index is -0.413. The highest BCUT2D eigenvalue weighted by Gasteiger charge is 2.30. The number of nitrogens with zero attached hydrogens (tertiary/aromatic N) is 3. The number of hydrogen-bond acceptors (Lipinski definition) is 7. The number of ether oxygens (including phenoxy) is 3. The summed E-state index contributed by atoms with van der Waals surface area (Å²) in [6.07, 6.45) is 10.8. The Morgan fingerprint density at radius 3 is 2.63 bits per heavy atom. The van der Waals surface area contributed by atoms with Crippen LogP contribution in [0.3, 0.4) is 0 Å². The highest BCUT2D eigenvalue weighted by Crippen LogP contribution is 2.31. The number of benzene rings is 3. The zero-order chi connectivity index (χ0) is 30.0. The van der Waals surface area contributed by atoms with E-state index in [9.17, 15) is 4.79 Å². The van der Waals surface area contributed by atoms with Gasteiger partial charge in [-0.3, -0.25) is 4.90 Å². The molecule has 0 bridgehead atoms. The van der Waals surface area contributed by atoms with Crippen LogP contribution < -0.4 is 14.8 Å². The summed E-state index contributed by atoms with van der Waals surface area (Å²) in [6, 6.07) is 25.6. The lowest BCUT2D eigenvalue weighted by Crippen LogP contribution is -2.44. The number of esters is 1. The van der Waals surface area contributed by atoms with E-state index in [0.29, 0.717) is 6.42 Å². The Morgan fingerprint density at radius 1 is 1.07 bits per heavy atom. The molecular formula is C35H38N4O4. The molecule has 1 N–H and O–H groups in total. The largest absolute Gasteiger partial charge is 0.489 e. The molecule has 3 unspecified atom stereocenters. The van der Waals surface area contributed by atoms with Crippen molar-refractivity contribution in [3.63, 3.8) is 0 Å². The van der Waals surface area contributed by atoms with E-state index in [0.717, 1.165) is 48.9 Å². The highest BCUT2D eigenvalue weighted by atomic mass is 16.5. The lowest BCUT2D eigenvalue weighted by atomic mass is 9.90. The van der Waals surface area contributed by atoms with Gasteiger partial charge in [-0.15, -0.1) is 6.42 Å². The van der Waals surface area contributed by atoms with Gasteiger partial charge in [0.2, 0.25) is 0 Å².